The number of morpholine rings is 1. The highest BCUT2D eigenvalue weighted by Crippen LogP contribution is 2.42. The van der Waals surface area contributed by atoms with Gasteiger partial charge in [-0.3, -0.25) is 0 Å². The van der Waals surface area contributed by atoms with Crippen LogP contribution in [0.15, 0.2) is 11.4 Å². The molecule has 7 heteroatoms. The molecule has 3 aromatic heterocycles. The number of thiophene rings is 1. The summed E-state index contributed by atoms with van der Waals surface area (Å²) in [5.74, 6) is 2.37. The molecule has 5 rings (SSSR count). The number of fused-ring (bicyclic) bond motifs is 5. The van der Waals surface area contributed by atoms with Gasteiger partial charge >= 0.3 is 0 Å². The zero-order valence-electron chi connectivity index (χ0n) is 17.8. The van der Waals surface area contributed by atoms with Crippen LogP contribution in [0.2, 0.25) is 0 Å². The molecule has 0 bridgehead atoms. The van der Waals surface area contributed by atoms with E-state index in [2.05, 4.69) is 16.8 Å². The summed E-state index contributed by atoms with van der Waals surface area (Å²) >= 11 is 3.77. The second kappa shape index (κ2) is 9.37. The Kier molecular flexibility index (Phi) is 6.39. The standard InChI is InChI=1S/C23H30N4OS2/c1-2-3-4-7-14-29-23-20-19(24-15-25-23)18-16-8-5-6-9-17(16)21(26-22(18)30-20)27-10-12-28-13-11-27/h15H,2-14H2,1H3/p+1. The highest BCUT2D eigenvalue weighted by molar-refractivity contribution is 7.99. The first-order chi connectivity index (χ1) is 14.9. The minimum Gasteiger partial charge on any atom is -0.378 e. The van der Waals surface area contributed by atoms with Crippen LogP contribution in [-0.2, 0) is 17.6 Å². The van der Waals surface area contributed by atoms with Crippen molar-refractivity contribution in [2.45, 2.75) is 63.3 Å². The Morgan fingerprint density at radius 1 is 1.13 bits per heavy atom. The molecule has 5 nitrogen and oxygen atoms in total. The molecule has 1 fully saturated rings. The summed E-state index contributed by atoms with van der Waals surface area (Å²) in [6.07, 6.45) is 11.9. The first kappa shape index (κ1) is 20.5. The maximum Gasteiger partial charge on any atom is 0.285 e. The predicted octanol–water partition coefficient (Wildman–Crippen LogP) is 5.05. The number of hydrogen-bond acceptors (Lipinski definition) is 6. The summed E-state index contributed by atoms with van der Waals surface area (Å²) < 4.78 is 6.88. The van der Waals surface area contributed by atoms with Crippen LogP contribution in [0.3, 0.4) is 0 Å². The topological polar surface area (TPSA) is 52.4 Å². The van der Waals surface area contributed by atoms with Crippen molar-refractivity contribution < 1.29 is 9.72 Å². The summed E-state index contributed by atoms with van der Waals surface area (Å²) in [5.41, 5.74) is 4.14. The monoisotopic (exact) mass is 443 g/mol. The fourth-order valence-corrected chi connectivity index (χ4v) is 6.97. The van der Waals surface area contributed by atoms with Gasteiger partial charge in [-0.1, -0.05) is 37.9 Å². The van der Waals surface area contributed by atoms with Crippen molar-refractivity contribution in [2.24, 2.45) is 0 Å². The summed E-state index contributed by atoms with van der Waals surface area (Å²) in [6, 6.07) is 0. The average Bonchev–Trinajstić information content (AvgIpc) is 3.18. The third-order valence-electron chi connectivity index (χ3n) is 6.26. The second-order valence-electron chi connectivity index (χ2n) is 8.30. The van der Waals surface area contributed by atoms with Crippen LogP contribution in [0, 0.1) is 0 Å². The maximum atomic E-state index is 5.59. The van der Waals surface area contributed by atoms with Gasteiger partial charge in [0.05, 0.1) is 18.6 Å². The predicted molar refractivity (Wildman–Crippen MR) is 126 cm³/mol. The lowest BCUT2D eigenvalue weighted by molar-refractivity contribution is -0.427. The molecular formula is C23H31N4OS2+. The van der Waals surface area contributed by atoms with Crippen LogP contribution in [0.4, 0.5) is 5.82 Å². The molecule has 1 saturated heterocycles. The summed E-state index contributed by atoms with van der Waals surface area (Å²) in [5, 5.41) is 2.58. The molecule has 1 aliphatic heterocycles. The first-order valence-electron chi connectivity index (χ1n) is 11.5. The molecule has 30 heavy (non-hydrogen) atoms. The lowest BCUT2D eigenvalue weighted by Gasteiger charge is -2.31. The zero-order valence-corrected chi connectivity index (χ0v) is 19.5. The third-order valence-corrected chi connectivity index (χ3v) is 8.58. The van der Waals surface area contributed by atoms with Gasteiger partial charge in [-0.2, -0.15) is 0 Å². The van der Waals surface area contributed by atoms with Crippen LogP contribution >= 0.6 is 23.1 Å². The third kappa shape index (κ3) is 3.92. The molecule has 0 unspecified atom stereocenters. The van der Waals surface area contributed by atoms with Gasteiger partial charge in [0.25, 0.3) is 6.33 Å². The van der Waals surface area contributed by atoms with Gasteiger partial charge in [0.15, 0.2) is 5.03 Å². The van der Waals surface area contributed by atoms with Crippen molar-refractivity contribution in [1.29, 1.82) is 0 Å². The van der Waals surface area contributed by atoms with E-state index in [1.807, 2.05) is 29.4 Å². The van der Waals surface area contributed by atoms with Gasteiger partial charge in [-0.15, -0.1) is 11.3 Å². The number of pyridine rings is 1. The number of rotatable bonds is 7. The SMILES string of the molecule is CCCCCCSc1[nH+]cnc2c1sc1nc(N3CCOCC3)c3c(c12)CCCC3. The normalized spacial score (nSPS) is 17.0. The summed E-state index contributed by atoms with van der Waals surface area (Å²) in [4.78, 5) is 17.1. The number of aromatic nitrogens is 3. The van der Waals surface area contributed by atoms with E-state index in [-0.39, 0.29) is 0 Å². The molecule has 0 aromatic carbocycles. The van der Waals surface area contributed by atoms with Gasteiger partial charge in [0.1, 0.15) is 15.3 Å². The smallest absolute Gasteiger partial charge is 0.285 e. The summed E-state index contributed by atoms with van der Waals surface area (Å²) in [7, 11) is 0. The number of nitrogens with one attached hydrogen (secondary N) is 1. The number of aromatic amines is 1. The van der Waals surface area contributed by atoms with E-state index in [1.165, 1.54) is 70.6 Å². The Morgan fingerprint density at radius 3 is 2.80 bits per heavy atom. The van der Waals surface area contributed by atoms with E-state index in [9.17, 15) is 0 Å². The number of nitrogens with zero attached hydrogens (tertiary/aromatic N) is 3. The van der Waals surface area contributed by atoms with Crippen LogP contribution in [0.25, 0.3) is 20.4 Å². The number of ether oxygens (including phenoxy) is 1. The minimum absolute atomic E-state index is 0.802. The fraction of sp³-hybridized carbons (Fsp3) is 0.609. The largest absolute Gasteiger partial charge is 0.378 e. The Hall–Kier alpha value is -1.44. The second-order valence-corrected chi connectivity index (χ2v) is 10.4. The van der Waals surface area contributed by atoms with Crippen LogP contribution in [0.5, 0.6) is 0 Å². The number of aryl methyl sites for hydroxylation is 1. The van der Waals surface area contributed by atoms with E-state index in [0.717, 1.165) is 55.2 Å². The van der Waals surface area contributed by atoms with Gasteiger partial charge in [0, 0.05) is 18.8 Å². The molecule has 1 N–H and O–H groups in total. The Balaban J connectivity index is 1.56. The van der Waals surface area contributed by atoms with Crippen molar-refractivity contribution in [3.05, 3.63) is 17.5 Å². The Bertz CT molecular complexity index is 1030. The molecule has 2 aliphatic rings. The molecule has 0 atom stereocenters. The number of anilines is 1. The first-order valence-corrected chi connectivity index (χ1v) is 13.3. The van der Waals surface area contributed by atoms with Crippen molar-refractivity contribution in [2.75, 3.05) is 37.0 Å². The lowest BCUT2D eigenvalue weighted by atomic mass is 9.90. The fourth-order valence-electron chi connectivity index (χ4n) is 4.70. The molecule has 4 heterocycles. The molecule has 160 valence electrons. The highest BCUT2D eigenvalue weighted by Gasteiger charge is 2.28. The van der Waals surface area contributed by atoms with E-state index >= 15 is 0 Å². The molecule has 0 amide bonds. The van der Waals surface area contributed by atoms with Gasteiger partial charge in [-0.25, -0.2) is 9.97 Å². The van der Waals surface area contributed by atoms with Crippen molar-refractivity contribution in [3.8, 4) is 0 Å². The molecule has 1 aliphatic carbocycles. The van der Waals surface area contributed by atoms with E-state index in [4.69, 9.17) is 14.7 Å². The van der Waals surface area contributed by atoms with E-state index in [1.54, 1.807) is 0 Å². The highest BCUT2D eigenvalue weighted by atomic mass is 32.2. The van der Waals surface area contributed by atoms with Gasteiger partial charge < -0.3 is 9.64 Å². The van der Waals surface area contributed by atoms with Crippen LogP contribution < -0.4 is 9.88 Å². The van der Waals surface area contributed by atoms with Crippen molar-refractivity contribution in [1.82, 2.24) is 9.97 Å². The van der Waals surface area contributed by atoms with Crippen molar-refractivity contribution >= 4 is 49.3 Å². The number of H-pyrrole nitrogens is 1. The van der Waals surface area contributed by atoms with Crippen LogP contribution in [-0.4, -0.2) is 42.0 Å². The quantitative estimate of drug-likeness (QED) is 0.291. The average molecular weight is 444 g/mol. The van der Waals surface area contributed by atoms with Gasteiger partial charge in [0.2, 0.25) is 5.52 Å². The number of unbranched alkanes of at least 4 members (excludes halogenated alkanes) is 3. The zero-order chi connectivity index (χ0) is 20.3. The molecule has 0 saturated carbocycles. The summed E-state index contributed by atoms with van der Waals surface area (Å²) in [6.45, 7) is 5.76. The molecule has 3 aromatic rings. The number of thioether (sulfide) groups is 1. The van der Waals surface area contributed by atoms with E-state index in [0.29, 0.717) is 0 Å². The van der Waals surface area contributed by atoms with Crippen molar-refractivity contribution in [3.63, 3.8) is 0 Å². The minimum atomic E-state index is 0.802. The van der Waals surface area contributed by atoms with Gasteiger partial charge in [-0.05, 0) is 48.2 Å². The lowest BCUT2D eigenvalue weighted by Crippen LogP contribution is -2.37. The Morgan fingerprint density at radius 2 is 1.97 bits per heavy atom. The van der Waals surface area contributed by atoms with E-state index < -0.39 is 0 Å². The number of hydrogen-bond donors (Lipinski definition) is 0. The Labute approximate surface area is 186 Å². The molecule has 0 radical (unpaired) electrons. The molecule has 0 spiro atoms. The van der Waals surface area contributed by atoms with Crippen LogP contribution in [0.1, 0.15) is 56.6 Å². The molecular weight excluding hydrogens is 412 g/mol. The maximum absolute atomic E-state index is 5.59.